The lowest BCUT2D eigenvalue weighted by Gasteiger charge is -2.33. The molecule has 1 aromatic rings. The van der Waals surface area contributed by atoms with E-state index >= 15 is 0 Å². The van der Waals surface area contributed by atoms with Gasteiger partial charge in [-0.2, -0.15) is 0 Å². The van der Waals surface area contributed by atoms with Crippen LogP contribution in [-0.2, 0) is 6.54 Å². The van der Waals surface area contributed by atoms with Gasteiger partial charge in [-0.3, -0.25) is 4.90 Å². The van der Waals surface area contributed by atoms with Crippen molar-refractivity contribution in [3.63, 3.8) is 0 Å². The number of carbonyl (C=O) groups is 1. The van der Waals surface area contributed by atoms with Gasteiger partial charge in [0.1, 0.15) is 0 Å². The number of nitrogens with one attached hydrogen (secondary N) is 2. The van der Waals surface area contributed by atoms with Crippen LogP contribution in [-0.4, -0.2) is 36.6 Å². The number of urea groups is 1. The first-order valence-electron chi connectivity index (χ1n) is 8.77. The number of carbonyl (C=O) groups excluding carboxylic acids is 1. The lowest BCUT2D eigenvalue weighted by atomic mass is 9.97. The molecule has 2 rings (SSSR count). The van der Waals surface area contributed by atoms with Crippen molar-refractivity contribution in [3.8, 4) is 0 Å². The van der Waals surface area contributed by atoms with Gasteiger partial charge in [-0.1, -0.05) is 18.2 Å². The van der Waals surface area contributed by atoms with E-state index in [1.165, 1.54) is 29.5 Å². The van der Waals surface area contributed by atoms with E-state index in [1.807, 2.05) is 13.8 Å². The quantitative estimate of drug-likeness (QED) is 0.876. The number of nitrogens with zero attached hydrogens (tertiary/aromatic N) is 1. The van der Waals surface area contributed by atoms with Crippen molar-refractivity contribution in [2.45, 2.75) is 53.1 Å². The number of amides is 2. The Labute approximate surface area is 140 Å². The summed E-state index contributed by atoms with van der Waals surface area (Å²) in [6, 6.07) is 6.88. The molecule has 4 heteroatoms. The van der Waals surface area contributed by atoms with Crippen molar-refractivity contribution < 1.29 is 4.79 Å². The highest BCUT2D eigenvalue weighted by Gasteiger charge is 2.20. The molecule has 1 atom stereocenters. The van der Waals surface area contributed by atoms with Gasteiger partial charge in [-0.05, 0) is 69.7 Å². The van der Waals surface area contributed by atoms with Crippen molar-refractivity contribution >= 4 is 6.03 Å². The Morgan fingerprint density at radius 3 is 2.78 bits per heavy atom. The summed E-state index contributed by atoms with van der Waals surface area (Å²) in [7, 11) is 0. The Balaban J connectivity index is 1.81. The zero-order valence-electron chi connectivity index (χ0n) is 15.0. The van der Waals surface area contributed by atoms with Crippen molar-refractivity contribution in [1.29, 1.82) is 0 Å². The first-order valence-corrected chi connectivity index (χ1v) is 8.77. The van der Waals surface area contributed by atoms with E-state index < -0.39 is 0 Å². The molecule has 0 unspecified atom stereocenters. The molecule has 1 aliphatic rings. The Bertz CT molecular complexity index is 527. The van der Waals surface area contributed by atoms with E-state index in [0.29, 0.717) is 5.92 Å². The number of piperidine rings is 1. The van der Waals surface area contributed by atoms with E-state index in [9.17, 15) is 4.79 Å². The maximum Gasteiger partial charge on any atom is 0.314 e. The van der Waals surface area contributed by atoms with Gasteiger partial charge in [0, 0.05) is 25.7 Å². The maximum absolute atomic E-state index is 11.7. The van der Waals surface area contributed by atoms with Crippen molar-refractivity contribution in [2.75, 3.05) is 19.6 Å². The Hall–Kier alpha value is -1.55. The van der Waals surface area contributed by atoms with E-state index in [0.717, 1.165) is 26.2 Å². The van der Waals surface area contributed by atoms with Crippen LogP contribution in [0, 0.1) is 19.8 Å². The molecule has 2 N–H and O–H groups in total. The summed E-state index contributed by atoms with van der Waals surface area (Å²) >= 11 is 0. The third kappa shape index (κ3) is 5.87. The van der Waals surface area contributed by atoms with Crippen LogP contribution in [0.1, 0.15) is 43.4 Å². The topological polar surface area (TPSA) is 44.4 Å². The fourth-order valence-electron chi connectivity index (χ4n) is 3.17. The average Bonchev–Trinajstić information content (AvgIpc) is 2.49. The smallest absolute Gasteiger partial charge is 0.314 e. The number of likely N-dealkylation sites (tertiary alicyclic amines) is 1. The third-order valence-corrected chi connectivity index (χ3v) is 4.55. The molecule has 2 amide bonds. The van der Waals surface area contributed by atoms with Crippen molar-refractivity contribution in [3.05, 3.63) is 34.9 Å². The van der Waals surface area contributed by atoms with E-state index in [2.05, 4.69) is 47.6 Å². The maximum atomic E-state index is 11.7. The molecular weight excluding hydrogens is 286 g/mol. The molecule has 0 aromatic heterocycles. The molecule has 4 nitrogen and oxygen atoms in total. The lowest BCUT2D eigenvalue weighted by molar-refractivity contribution is 0.165. The molecule has 1 aromatic carbocycles. The number of rotatable bonds is 5. The number of hydrogen-bond donors (Lipinski definition) is 2. The van der Waals surface area contributed by atoms with Crippen LogP contribution >= 0.6 is 0 Å². The monoisotopic (exact) mass is 317 g/mol. The van der Waals surface area contributed by atoms with E-state index in [4.69, 9.17) is 0 Å². The van der Waals surface area contributed by atoms with Gasteiger partial charge in [-0.15, -0.1) is 0 Å². The van der Waals surface area contributed by atoms with E-state index in [1.54, 1.807) is 0 Å². The minimum absolute atomic E-state index is 0.0497. The molecule has 0 spiro atoms. The zero-order chi connectivity index (χ0) is 16.8. The summed E-state index contributed by atoms with van der Waals surface area (Å²) in [4.78, 5) is 14.2. The number of aryl methyl sites for hydroxylation is 2. The normalized spacial score (nSPS) is 18.9. The Kier molecular flexibility index (Phi) is 6.46. The standard InChI is InChI=1S/C19H31N3O/c1-14(2)21-19(23)20-11-18-6-5-9-22(13-18)12-17-8-7-15(3)16(4)10-17/h7-8,10,14,18H,5-6,9,11-13H2,1-4H3,(H2,20,21,23)/t18-/m0/s1. The molecule has 0 radical (unpaired) electrons. The SMILES string of the molecule is Cc1ccc(CN2CCC[C@@H](CNC(=O)NC(C)C)C2)cc1C. The van der Waals surface area contributed by atoms with Gasteiger partial charge in [0.25, 0.3) is 0 Å². The largest absolute Gasteiger partial charge is 0.338 e. The summed E-state index contributed by atoms with van der Waals surface area (Å²) in [5.74, 6) is 0.549. The predicted octanol–water partition coefficient (Wildman–Crippen LogP) is 3.22. The molecule has 0 saturated carbocycles. The van der Waals surface area contributed by atoms with Crippen LogP contribution in [0.5, 0.6) is 0 Å². The van der Waals surface area contributed by atoms with Gasteiger partial charge in [0.2, 0.25) is 0 Å². The van der Waals surface area contributed by atoms with Gasteiger partial charge >= 0.3 is 6.03 Å². The molecule has 1 fully saturated rings. The first kappa shape index (κ1) is 17.8. The van der Waals surface area contributed by atoms with Crippen LogP contribution in [0.25, 0.3) is 0 Å². The summed E-state index contributed by atoms with van der Waals surface area (Å²) in [6.45, 7) is 12.3. The predicted molar refractivity (Wildman–Crippen MR) is 95.6 cm³/mol. The lowest BCUT2D eigenvalue weighted by Crippen LogP contribution is -2.45. The van der Waals surface area contributed by atoms with Gasteiger partial charge in [-0.25, -0.2) is 4.79 Å². The average molecular weight is 317 g/mol. The molecule has 23 heavy (non-hydrogen) atoms. The fraction of sp³-hybridized carbons (Fsp3) is 0.632. The highest BCUT2D eigenvalue weighted by molar-refractivity contribution is 5.74. The first-order chi connectivity index (χ1) is 10.9. The molecule has 128 valence electrons. The highest BCUT2D eigenvalue weighted by Crippen LogP contribution is 2.19. The van der Waals surface area contributed by atoms with Crippen LogP contribution in [0.3, 0.4) is 0 Å². The summed E-state index contributed by atoms with van der Waals surface area (Å²) in [5.41, 5.74) is 4.10. The second-order valence-corrected chi connectivity index (χ2v) is 7.17. The van der Waals surface area contributed by atoms with Crippen molar-refractivity contribution in [1.82, 2.24) is 15.5 Å². The zero-order valence-corrected chi connectivity index (χ0v) is 15.0. The third-order valence-electron chi connectivity index (χ3n) is 4.55. The molecule has 1 aliphatic heterocycles. The van der Waals surface area contributed by atoms with Gasteiger partial charge in [0.15, 0.2) is 0 Å². The highest BCUT2D eigenvalue weighted by atomic mass is 16.2. The van der Waals surface area contributed by atoms with E-state index in [-0.39, 0.29) is 12.1 Å². The molecule has 0 aliphatic carbocycles. The second-order valence-electron chi connectivity index (χ2n) is 7.17. The molecule has 0 bridgehead atoms. The van der Waals surface area contributed by atoms with Gasteiger partial charge < -0.3 is 10.6 Å². The molecule has 1 saturated heterocycles. The summed E-state index contributed by atoms with van der Waals surface area (Å²) in [6.07, 6.45) is 2.41. The minimum atomic E-state index is -0.0497. The fourth-order valence-corrected chi connectivity index (χ4v) is 3.17. The van der Waals surface area contributed by atoms with Gasteiger partial charge in [0.05, 0.1) is 0 Å². The Morgan fingerprint density at radius 2 is 2.09 bits per heavy atom. The van der Waals surface area contributed by atoms with Crippen LogP contribution in [0.4, 0.5) is 4.79 Å². The van der Waals surface area contributed by atoms with Crippen LogP contribution in [0.2, 0.25) is 0 Å². The summed E-state index contributed by atoms with van der Waals surface area (Å²) in [5, 5.41) is 5.89. The van der Waals surface area contributed by atoms with Crippen LogP contribution in [0.15, 0.2) is 18.2 Å². The Morgan fingerprint density at radius 1 is 1.30 bits per heavy atom. The number of benzene rings is 1. The minimum Gasteiger partial charge on any atom is -0.338 e. The number of hydrogen-bond acceptors (Lipinski definition) is 2. The molecular formula is C19H31N3O. The summed E-state index contributed by atoms with van der Waals surface area (Å²) < 4.78 is 0. The molecule has 1 heterocycles. The van der Waals surface area contributed by atoms with Crippen molar-refractivity contribution in [2.24, 2.45) is 5.92 Å². The second kappa shape index (κ2) is 8.34. The van der Waals surface area contributed by atoms with Crippen LogP contribution < -0.4 is 10.6 Å².